The predicted octanol–water partition coefficient (Wildman–Crippen LogP) is 5.72. The average molecular weight is 488 g/mol. The van der Waals surface area contributed by atoms with E-state index in [1.165, 1.54) is 13.8 Å². The molecule has 0 spiro atoms. The van der Waals surface area contributed by atoms with Crippen LogP contribution in [0.2, 0.25) is 5.02 Å². The number of benzene rings is 2. The van der Waals surface area contributed by atoms with Gasteiger partial charge in [-0.1, -0.05) is 18.2 Å². The molecule has 0 aliphatic carbocycles. The van der Waals surface area contributed by atoms with Crippen LogP contribution in [-0.2, 0) is 20.4 Å². The summed E-state index contributed by atoms with van der Waals surface area (Å²) in [7, 11) is 0. The Balaban J connectivity index is 2.38. The molecule has 2 aromatic carbocycles. The Morgan fingerprint density at radius 1 is 1.21 bits per heavy atom. The topological polar surface area (TPSA) is 105 Å². The monoisotopic (exact) mass is 487 g/mol. The third-order valence-corrected chi connectivity index (χ3v) is 4.34. The van der Waals surface area contributed by atoms with Crippen LogP contribution >= 0.6 is 11.6 Å². The molecule has 0 fully saturated rings. The highest BCUT2D eigenvalue weighted by atomic mass is 35.5. The van der Waals surface area contributed by atoms with Crippen LogP contribution in [0.1, 0.15) is 29.8 Å². The molecule has 176 valence electrons. The number of carbonyl (C=O) groups is 2. The lowest BCUT2D eigenvalue weighted by Gasteiger charge is -2.17. The maximum Gasteiger partial charge on any atom is 0.416 e. The molecule has 2 rings (SSSR count). The van der Waals surface area contributed by atoms with Crippen LogP contribution in [0.25, 0.3) is 0 Å². The molecule has 8 nitrogen and oxygen atoms in total. The lowest BCUT2D eigenvalue weighted by molar-refractivity contribution is -0.385. The van der Waals surface area contributed by atoms with E-state index in [1.807, 2.05) is 0 Å². The highest BCUT2D eigenvalue weighted by molar-refractivity contribution is 6.32. The highest BCUT2D eigenvalue weighted by Crippen LogP contribution is 2.37. The van der Waals surface area contributed by atoms with Crippen molar-refractivity contribution in [2.24, 2.45) is 0 Å². The van der Waals surface area contributed by atoms with Crippen molar-refractivity contribution in [2.75, 3.05) is 6.61 Å². The maximum absolute atomic E-state index is 12.8. The van der Waals surface area contributed by atoms with Crippen LogP contribution in [-0.4, -0.2) is 29.6 Å². The molecular weight excluding hydrogens is 471 g/mol. The molecule has 0 saturated carbocycles. The van der Waals surface area contributed by atoms with Crippen LogP contribution in [0, 0.1) is 10.1 Å². The second kappa shape index (κ2) is 10.3. The molecule has 33 heavy (non-hydrogen) atoms. The smallest absolute Gasteiger partial charge is 0.416 e. The zero-order chi connectivity index (χ0) is 24.9. The predicted molar refractivity (Wildman–Crippen MR) is 110 cm³/mol. The lowest BCUT2D eigenvalue weighted by atomic mass is 10.1. The Morgan fingerprint density at radius 3 is 2.39 bits per heavy atom. The van der Waals surface area contributed by atoms with E-state index in [2.05, 4.69) is 6.58 Å². The first-order valence-corrected chi connectivity index (χ1v) is 9.59. The van der Waals surface area contributed by atoms with E-state index in [-0.39, 0.29) is 28.7 Å². The Bertz CT molecular complexity index is 1100. The Hall–Kier alpha value is -3.60. The SMILES string of the molecule is C=C(C)[C@@H](OC(=O)c1cc(Oc2ccc(C(F)(F)F)cc2Cl)ccc1[N+](=O)[O-])C(=O)OCC. The minimum atomic E-state index is -4.62. The fourth-order valence-corrected chi connectivity index (χ4v) is 2.75. The summed E-state index contributed by atoms with van der Waals surface area (Å²) in [4.78, 5) is 35.1. The fourth-order valence-electron chi connectivity index (χ4n) is 2.53. The standard InChI is InChI=1S/C21H17ClF3NO7/c1-4-31-20(28)18(11(2)3)33-19(27)14-10-13(6-7-16(14)26(29)30)32-17-8-5-12(9-15(17)22)21(23,24)25/h5-10,18H,2,4H2,1,3H3/t18-/m1/s1. The van der Waals surface area contributed by atoms with Crippen LogP contribution < -0.4 is 4.74 Å². The molecule has 1 atom stereocenters. The quantitative estimate of drug-likeness (QED) is 0.203. The van der Waals surface area contributed by atoms with Gasteiger partial charge in [0.15, 0.2) is 0 Å². The summed E-state index contributed by atoms with van der Waals surface area (Å²) in [6, 6.07) is 5.33. The van der Waals surface area contributed by atoms with Crippen molar-refractivity contribution in [3.8, 4) is 11.5 Å². The number of nitro groups is 1. The van der Waals surface area contributed by atoms with Gasteiger partial charge in [-0.2, -0.15) is 13.2 Å². The number of esters is 2. The van der Waals surface area contributed by atoms with Gasteiger partial charge in [-0.05, 0) is 43.7 Å². The number of ether oxygens (including phenoxy) is 3. The zero-order valence-electron chi connectivity index (χ0n) is 17.3. The first-order chi connectivity index (χ1) is 15.3. The van der Waals surface area contributed by atoms with Gasteiger partial charge in [-0.3, -0.25) is 10.1 Å². The summed E-state index contributed by atoms with van der Waals surface area (Å²) in [6.07, 6.45) is -6.13. The van der Waals surface area contributed by atoms with Crippen molar-refractivity contribution in [3.63, 3.8) is 0 Å². The number of nitro benzene ring substituents is 1. The van der Waals surface area contributed by atoms with E-state index >= 15 is 0 Å². The second-order valence-corrected chi connectivity index (χ2v) is 6.97. The Labute approximate surface area is 190 Å². The Morgan fingerprint density at radius 2 is 1.88 bits per heavy atom. The Kier molecular flexibility index (Phi) is 8.04. The number of rotatable bonds is 8. The van der Waals surface area contributed by atoms with Crippen molar-refractivity contribution in [3.05, 3.63) is 74.8 Å². The molecule has 0 radical (unpaired) electrons. The third-order valence-electron chi connectivity index (χ3n) is 4.04. The molecule has 0 N–H and O–H groups in total. The summed E-state index contributed by atoms with van der Waals surface area (Å²) in [5, 5.41) is 11.0. The van der Waals surface area contributed by atoms with Gasteiger partial charge >= 0.3 is 18.1 Å². The average Bonchev–Trinajstić information content (AvgIpc) is 2.72. The van der Waals surface area contributed by atoms with Crippen LogP contribution in [0.5, 0.6) is 11.5 Å². The molecule has 0 aliphatic heterocycles. The molecule has 0 bridgehead atoms. The molecule has 0 aliphatic rings. The summed E-state index contributed by atoms with van der Waals surface area (Å²) in [5.74, 6) is -2.50. The summed E-state index contributed by atoms with van der Waals surface area (Å²) < 4.78 is 53.7. The minimum absolute atomic E-state index is 0.00246. The molecular formula is C21H17ClF3NO7. The third kappa shape index (κ3) is 6.45. The summed E-state index contributed by atoms with van der Waals surface area (Å²) >= 11 is 5.85. The van der Waals surface area contributed by atoms with Crippen molar-refractivity contribution in [2.45, 2.75) is 26.1 Å². The first-order valence-electron chi connectivity index (χ1n) is 9.21. The summed E-state index contributed by atoms with van der Waals surface area (Å²) in [6.45, 7) is 6.47. The van der Waals surface area contributed by atoms with Gasteiger partial charge in [0.1, 0.15) is 17.1 Å². The number of nitrogens with zero attached hydrogens (tertiary/aromatic N) is 1. The van der Waals surface area contributed by atoms with E-state index in [0.717, 1.165) is 30.3 Å². The van der Waals surface area contributed by atoms with Crippen molar-refractivity contribution in [1.82, 2.24) is 0 Å². The van der Waals surface area contributed by atoms with Gasteiger partial charge in [0, 0.05) is 12.1 Å². The minimum Gasteiger partial charge on any atom is -0.463 e. The van der Waals surface area contributed by atoms with Crippen LogP contribution in [0.3, 0.4) is 0 Å². The molecule has 12 heteroatoms. The molecule has 0 saturated heterocycles. The first kappa shape index (κ1) is 25.7. The number of hydrogen-bond donors (Lipinski definition) is 0. The van der Waals surface area contributed by atoms with E-state index in [0.29, 0.717) is 6.07 Å². The summed E-state index contributed by atoms with van der Waals surface area (Å²) in [5.41, 5.74) is -2.11. The number of carbonyl (C=O) groups excluding carboxylic acids is 2. The van der Waals surface area contributed by atoms with Crippen LogP contribution in [0.15, 0.2) is 48.6 Å². The van der Waals surface area contributed by atoms with Gasteiger partial charge in [0.05, 0.1) is 22.1 Å². The van der Waals surface area contributed by atoms with Gasteiger partial charge in [-0.15, -0.1) is 0 Å². The van der Waals surface area contributed by atoms with Gasteiger partial charge in [-0.25, -0.2) is 9.59 Å². The molecule has 0 unspecified atom stereocenters. The van der Waals surface area contributed by atoms with E-state index in [4.69, 9.17) is 25.8 Å². The van der Waals surface area contributed by atoms with Gasteiger partial charge in [0.2, 0.25) is 6.10 Å². The second-order valence-electron chi connectivity index (χ2n) is 6.56. The van der Waals surface area contributed by atoms with Gasteiger partial charge < -0.3 is 14.2 Å². The number of hydrogen-bond acceptors (Lipinski definition) is 7. The molecule has 2 aromatic rings. The van der Waals surface area contributed by atoms with E-state index < -0.39 is 46.0 Å². The molecule has 0 aromatic heterocycles. The number of alkyl halides is 3. The van der Waals surface area contributed by atoms with E-state index in [1.54, 1.807) is 0 Å². The van der Waals surface area contributed by atoms with E-state index in [9.17, 15) is 32.9 Å². The molecule has 0 amide bonds. The normalized spacial score (nSPS) is 11.9. The van der Waals surface area contributed by atoms with Gasteiger partial charge in [0.25, 0.3) is 5.69 Å². The van der Waals surface area contributed by atoms with Crippen molar-refractivity contribution < 1.29 is 41.9 Å². The largest absolute Gasteiger partial charge is 0.463 e. The lowest BCUT2D eigenvalue weighted by Crippen LogP contribution is -2.30. The van der Waals surface area contributed by atoms with Crippen LogP contribution in [0.4, 0.5) is 18.9 Å². The van der Waals surface area contributed by atoms with Crippen molar-refractivity contribution in [1.29, 1.82) is 0 Å². The molecule has 0 heterocycles. The fraction of sp³-hybridized carbons (Fsp3) is 0.238. The number of halogens is 4. The zero-order valence-corrected chi connectivity index (χ0v) is 18.0. The van der Waals surface area contributed by atoms with Crippen molar-refractivity contribution >= 4 is 29.2 Å². The maximum atomic E-state index is 12.8. The highest BCUT2D eigenvalue weighted by Gasteiger charge is 2.32.